The summed E-state index contributed by atoms with van der Waals surface area (Å²) >= 11 is 6.29. The van der Waals surface area contributed by atoms with Crippen molar-refractivity contribution in [2.24, 2.45) is 0 Å². The molecule has 0 radical (unpaired) electrons. The maximum Gasteiger partial charge on any atom is 0.254 e. The SMILES string of the molecule is CCCOc1c(Cl)cc(C(=O)N(C)CC(=O)Nc2cc(C)ccc2C)cc1OC. The molecule has 6 nitrogen and oxygen atoms in total. The second-order valence-corrected chi connectivity index (χ2v) is 7.27. The van der Waals surface area contributed by atoms with Crippen LogP contribution in [0.5, 0.6) is 11.5 Å². The number of rotatable bonds is 8. The molecule has 0 atom stereocenters. The van der Waals surface area contributed by atoms with Crippen molar-refractivity contribution >= 4 is 29.1 Å². The Labute approximate surface area is 176 Å². The maximum absolute atomic E-state index is 12.8. The summed E-state index contributed by atoms with van der Waals surface area (Å²) in [7, 11) is 3.05. The Balaban J connectivity index is 2.12. The lowest BCUT2D eigenvalue weighted by molar-refractivity contribution is -0.116. The van der Waals surface area contributed by atoms with E-state index in [1.807, 2.05) is 39.0 Å². The van der Waals surface area contributed by atoms with Crippen LogP contribution in [0, 0.1) is 13.8 Å². The standard InChI is InChI=1S/C22H27ClN2O4/c1-6-9-29-21-17(23)11-16(12-19(21)28-5)22(27)25(4)13-20(26)24-18-10-14(2)7-8-15(18)3/h7-8,10-12H,6,9,13H2,1-5H3,(H,24,26). The Hall–Kier alpha value is -2.73. The van der Waals surface area contributed by atoms with Gasteiger partial charge in [0.2, 0.25) is 5.91 Å². The van der Waals surface area contributed by atoms with Crippen molar-refractivity contribution in [2.45, 2.75) is 27.2 Å². The Morgan fingerprint density at radius 2 is 1.90 bits per heavy atom. The Kier molecular flexibility index (Phi) is 7.91. The first kappa shape index (κ1) is 22.6. The topological polar surface area (TPSA) is 67.9 Å². The van der Waals surface area contributed by atoms with Crippen LogP contribution in [-0.4, -0.2) is 44.0 Å². The van der Waals surface area contributed by atoms with Crippen molar-refractivity contribution in [1.29, 1.82) is 0 Å². The second kappa shape index (κ2) is 10.2. The molecule has 156 valence electrons. The molecule has 0 unspecified atom stereocenters. The number of halogens is 1. The van der Waals surface area contributed by atoms with Gasteiger partial charge >= 0.3 is 0 Å². The third-order valence-electron chi connectivity index (χ3n) is 4.32. The van der Waals surface area contributed by atoms with Gasteiger partial charge in [0.25, 0.3) is 5.91 Å². The molecule has 2 amide bonds. The number of nitrogens with zero attached hydrogens (tertiary/aromatic N) is 1. The van der Waals surface area contributed by atoms with Crippen LogP contribution in [0.2, 0.25) is 5.02 Å². The highest BCUT2D eigenvalue weighted by molar-refractivity contribution is 6.32. The Morgan fingerprint density at radius 1 is 1.17 bits per heavy atom. The number of benzene rings is 2. The van der Waals surface area contributed by atoms with Gasteiger partial charge in [-0.1, -0.05) is 30.7 Å². The fourth-order valence-corrected chi connectivity index (χ4v) is 3.02. The minimum Gasteiger partial charge on any atom is -0.493 e. The van der Waals surface area contributed by atoms with E-state index in [0.29, 0.717) is 23.7 Å². The predicted octanol–water partition coefficient (Wildman–Crippen LogP) is 4.46. The highest BCUT2D eigenvalue weighted by Gasteiger charge is 2.20. The Morgan fingerprint density at radius 3 is 2.55 bits per heavy atom. The molecule has 0 heterocycles. The van der Waals surface area contributed by atoms with Crippen LogP contribution in [0.25, 0.3) is 0 Å². The van der Waals surface area contributed by atoms with E-state index in [0.717, 1.165) is 23.2 Å². The number of anilines is 1. The van der Waals surface area contributed by atoms with Gasteiger partial charge in [0.05, 0.1) is 25.3 Å². The van der Waals surface area contributed by atoms with Crippen molar-refractivity contribution in [3.05, 3.63) is 52.0 Å². The molecule has 0 aliphatic carbocycles. The first-order valence-corrected chi connectivity index (χ1v) is 9.77. The summed E-state index contributed by atoms with van der Waals surface area (Å²) in [6.45, 7) is 6.24. The van der Waals surface area contributed by atoms with Crippen molar-refractivity contribution in [1.82, 2.24) is 4.90 Å². The molecule has 0 spiro atoms. The number of carbonyl (C=O) groups excluding carboxylic acids is 2. The van der Waals surface area contributed by atoms with Crippen LogP contribution in [0.3, 0.4) is 0 Å². The maximum atomic E-state index is 12.8. The average molecular weight is 419 g/mol. The summed E-state index contributed by atoms with van der Waals surface area (Å²) in [5.41, 5.74) is 3.05. The summed E-state index contributed by atoms with van der Waals surface area (Å²) < 4.78 is 10.9. The molecule has 0 saturated carbocycles. The van der Waals surface area contributed by atoms with Gasteiger partial charge in [0, 0.05) is 18.3 Å². The van der Waals surface area contributed by atoms with Crippen molar-refractivity contribution in [2.75, 3.05) is 32.6 Å². The summed E-state index contributed by atoms with van der Waals surface area (Å²) in [5.74, 6) is 0.157. The number of methoxy groups -OCH3 is 1. The number of ether oxygens (including phenoxy) is 2. The molecule has 29 heavy (non-hydrogen) atoms. The lowest BCUT2D eigenvalue weighted by Crippen LogP contribution is -2.35. The summed E-state index contributed by atoms with van der Waals surface area (Å²) in [4.78, 5) is 26.5. The smallest absolute Gasteiger partial charge is 0.254 e. The van der Waals surface area contributed by atoms with Crippen molar-refractivity contribution in [3.63, 3.8) is 0 Å². The van der Waals surface area contributed by atoms with E-state index in [4.69, 9.17) is 21.1 Å². The number of hydrogen-bond donors (Lipinski definition) is 1. The lowest BCUT2D eigenvalue weighted by atomic mass is 10.1. The highest BCUT2D eigenvalue weighted by atomic mass is 35.5. The number of hydrogen-bond acceptors (Lipinski definition) is 4. The molecule has 0 bridgehead atoms. The number of likely N-dealkylation sites (N-methyl/N-ethyl adjacent to an activating group) is 1. The zero-order valence-corrected chi connectivity index (χ0v) is 18.2. The van der Waals surface area contributed by atoms with Gasteiger partial charge < -0.3 is 19.7 Å². The number of aryl methyl sites for hydroxylation is 2. The predicted molar refractivity (Wildman–Crippen MR) is 115 cm³/mol. The normalized spacial score (nSPS) is 10.4. The molecule has 0 aliphatic rings. The fraction of sp³-hybridized carbons (Fsp3) is 0.364. The van der Waals surface area contributed by atoms with Crippen LogP contribution < -0.4 is 14.8 Å². The first-order valence-electron chi connectivity index (χ1n) is 9.39. The van der Waals surface area contributed by atoms with Crippen LogP contribution in [0.1, 0.15) is 34.8 Å². The van der Waals surface area contributed by atoms with Gasteiger partial charge in [-0.05, 0) is 49.6 Å². The van der Waals surface area contributed by atoms with Crippen molar-refractivity contribution < 1.29 is 19.1 Å². The lowest BCUT2D eigenvalue weighted by Gasteiger charge is -2.19. The van der Waals surface area contributed by atoms with Crippen molar-refractivity contribution in [3.8, 4) is 11.5 Å². The second-order valence-electron chi connectivity index (χ2n) is 6.87. The van der Waals surface area contributed by atoms with E-state index in [1.165, 1.54) is 18.1 Å². The zero-order chi connectivity index (χ0) is 21.6. The number of amides is 2. The van der Waals surface area contributed by atoms with E-state index in [-0.39, 0.29) is 23.4 Å². The Bertz CT molecular complexity index is 899. The third kappa shape index (κ3) is 5.87. The highest BCUT2D eigenvalue weighted by Crippen LogP contribution is 2.36. The minimum atomic E-state index is -0.344. The number of nitrogens with one attached hydrogen (secondary N) is 1. The molecule has 1 N–H and O–H groups in total. The van der Waals surface area contributed by atoms with Gasteiger partial charge in [-0.2, -0.15) is 0 Å². The van der Waals surface area contributed by atoms with Gasteiger partial charge in [0.15, 0.2) is 11.5 Å². The monoisotopic (exact) mass is 418 g/mol. The molecule has 2 rings (SSSR count). The molecule has 7 heteroatoms. The van der Waals surface area contributed by atoms with Gasteiger partial charge in [0.1, 0.15) is 0 Å². The minimum absolute atomic E-state index is 0.0970. The van der Waals surface area contributed by atoms with E-state index >= 15 is 0 Å². The largest absolute Gasteiger partial charge is 0.493 e. The molecule has 2 aromatic rings. The van der Waals surface area contributed by atoms with Gasteiger partial charge in [-0.25, -0.2) is 0 Å². The first-order chi connectivity index (χ1) is 13.8. The zero-order valence-electron chi connectivity index (χ0n) is 17.5. The molecule has 2 aromatic carbocycles. The van der Waals surface area contributed by atoms with Crippen LogP contribution >= 0.6 is 11.6 Å². The average Bonchev–Trinajstić information content (AvgIpc) is 2.68. The fourth-order valence-electron chi connectivity index (χ4n) is 2.76. The molecule has 0 aromatic heterocycles. The van der Waals surface area contributed by atoms with E-state index < -0.39 is 0 Å². The molecule has 0 fully saturated rings. The van der Waals surface area contributed by atoms with E-state index in [2.05, 4.69) is 5.32 Å². The molecular weight excluding hydrogens is 392 g/mol. The van der Waals surface area contributed by atoms with Gasteiger partial charge in [-0.3, -0.25) is 9.59 Å². The molecule has 0 saturated heterocycles. The van der Waals surface area contributed by atoms with Crippen LogP contribution in [-0.2, 0) is 4.79 Å². The summed E-state index contributed by atoms with van der Waals surface area (Å²) in [6.07, 6.45) is 0.818. The molecular formula is C22H27ClN2O4. The summed E-state index contributed by atoms with van der Waals surface area (Å²) in [5, 5.41) is 3.14. The summed E-state index contributed by atoms with van der Waals surface area (Å²) in [6, 6.07) is 8.91. The number of carbonyl (C=O) groups is 2. The molecule has 0 aliphatic heterocycles. The van der Waals surface area contributed by atoms with E-state index in [1.54, 1.807) is 13.1 Å². The van der Waals surface area contributed by atoms with Crippen LogP contribution in [0.15, 0.2) is 30.3 Å². The quantitative estimate of drug-likeness (QED) is 0.687. The van der Waals surface area contributed by atoms with E-state index in [9.17, 15) is 9.59 Å². The van der Waals surface area contributed by atoms with Crippen LogP contribution in [0.4, 0.5) is 5.69 Å². The van der Waals surface area contributed by atoms with Gasteiger partial charge in [-0.15, -0.1) is 0 Å². The third-order valence-corrected chi connectivity index (χ3v) is 4.60.